The number of aliphatic hydroxyl groups excluding tert-OH is 1. The van der Waals surface area contributed by atoms with Crippen molar-refractivity contribution in [2.75, 3.05) is 7.11 Å². The van der Waals surface area contributed by atoms with E-state index in [4.69, 9.17) is 16.3 Å². The fraction of sp³-hybridized carbons (Fsp3) is 0.400. The molecule has 0 amide bonds. The average molecular weight is 295 g/mol. The first-order valence-corrected chi connectivity index (χ1v) is 7.02. The van der Waals surface area contributed by atoms with E-state index in [0.29, 0.717) is 17.3 Å². The van der Waals surface area contributed by atoms with Gasteiger partial charge in [-0.05, 0) is 17.5 Å². The van der Waals surface area contributed by atoms with Crippen LogP contribution in [0.3, 0.4) is 0 Å². The van der Waals surface area contributed by atoms with E-state index in [9.17, 15) is 5.11 Å². The molecule has 0 aliphatic heterocycles. The van der Waals surface area contributed by atoms with Gasteiger partial charge in [-0.3, -0.25) is 4.68 Å². The molecule has 20 heavy (non-hydrogen) atoms. The van der Waals surface area contributed by atoms with Gasteiger partial charge >= 0.3 is 0 Å². The van der Waals surface area contributed by atoms with Crippen LogP contribution >= 0.6 is 11.6 Å². The van der Waals surface area contributed by atoms with Crippen molar-refractivity contribution in [1.29, 1.82) is 0 Å². The lowest BCUT2D eigenvalue weighted by atomic mass is 10.0. The first kappa shape index (κ1) is 15.0. The summed E-state index contributed by atoms with van der Waals surface area (Å²) in [5.41, 5.74) is 2.45. The number of benzene rings is 1. The van der Waals surface area contributed by atoms with Crippen LogP contribution < -0.4 is 0 Å². The highest BCUT2D eigenvalue weighted by molar-refractivity contribution is 6.31. The van der Waals surface area contributed by atoms with E-state index in [1.807, 2.05) is 24.3 Å². The number of aromatic nitrogens is 2. The standard InChI is InChI=1S/C15H19ClN2O2/c1-3-7-18-14(13(16)9-17-18)15(19)12-6-4-5-11(8-12)10-20-2/h4-6,8-9,15,19H,3,7,10H2,1-2H3. The van der Waals surface area contributed by atoms with Crippen LogP contribution in [0.25, 0.3) is 0 Å². The summed E-state index contributed by atoms with van der Waals surface area (Å²) in [7, 11) is 1.65. The van der Waals surface area contributed by atoms with Gasteiger partial charge in [-0.1, -0.05) is 42.8 Å². The van der Waals surface area contributed by atoms with Gasteiger partial charge < -0.3 is 9.84 Å². The number of halogens is 1. The fourth-order valence-electron chi connectivity index (χ4n) is 2.21. The maximum absolute atomic E-state index is 10.6. The second-order valence-electron chi connectivity index (χ2n) is 4.68. The molecule has 5 heteroatoms. The smallest absolute Gasteiger partial charge is 0.122 e. The van der Waals surface area contributed by atoms with Gasteiger partial charge in [-0.25, -0.2) is 0 Å². The molecule has 2 rings (SSSR count). The second kappa shape index (κ2) is 6.88. The summed E-state index contributed by atoms with van der Waals surface area (Å²) in [4.78, 5) is 0. The molecule has 1 aromatic heterocycles. The zero-order valence-electron chi connectivity index (χ0n) is 11.7. The molecule has 0 bridgehead atoms. The number of hydrogen-bond donors (Lipinski definition) is 1. The van der Waals surface area contributed by atoms with Gasteiger partial charge in [0.1, 0.15) is 6.10 Å². The van der Waals surface area contributed by atoms with Crippen LogP contribution in [0.5, 0.6) is 0 Å². The number of methoxy groups -OCH3 is 1. The Bertz CT molecular complexity index is 569. The van der Waals surface area contributed by atoms with Crippen LogP contribution in [-0.4, -0.2) is 22.0 Å². The highest BCUT2D eigenvalue weighted by Gasteiger charge is 2.19. The Balaban J connectivity index is 2.33. The minimum Gasteiger partial charge on any atom is -0.382 e. The lowest BCUT2D eigenvalue weighted by Crippen LogP contribution is -2.11. The Morgan fingerprint density at radius 3 is 2.95 bits per heavy atom. The van der Waals surface area contributed by atoms with Crippen LogP contribution in [0.2, 0.25) is 5.02 Å². The van der Waals surface area contributed by atoms with Gasteiger partial charge in [0.2, 0.25) is 0 Å². The molecular weight excluding hydrogens is 276 g/mol. The zero-order chi connectivity index (χ0) is 14.5. The summed E-state index contributed by atoms with van der Waals surface area (Å²) in [6, 6.07) is 7.67. The Morgan fingerprint density at radius 1 is 1.45 bits per heavy atom. The topological polar surface area (TPSA) is 47.3 Å². The van der Waals surface area contributed by atoms with Gasteiger partial charge in [0.15, 0.2) is 0 Å². The molecule has 108 valence electrons. The van der Waals surface area contributed by atoms with Crippen molar-refractivity contribution in [3.8, 4) is 0 Å². The summed E-state index contributed by atoms with van der Waals surface area (Å²) < 4.78 is 6.87. The summed E-state index contributed by atoms with van der Waals surface area (Å²) in [6.07, 6.45) is 1.73. The summed E-state index contributed by atoms with van der Waals surface area (Å²) in [5, 5.41) is 15.3. The Hall–Kier alpha value is -1.36. The van der Waals surface area contributed by atoms with Gasteiger partial charge in [0.05, 0.1) is 23.5 Å². The van der Waals surface area contributed by atoms with Crippen molar-refractivity contribution in [2.45, 2.75) is 32.6 Å². The Labute approximate surface area is 123 Å². The van der Waals surface area contributed by atoms with Crippen molar-refractivity contribution < 1.29 is 9.84 Å². The number of aryl methyl sites for hydroxylation is 1. The zero-order valence-corrected chi connectivity index (χ0v) is 12.5. The van der Waals surface area contributed by atoms with E-state index >= 15 is 0 Å². The molecule has 1 atom stereocenters. The maximum atomic E-state index is 10.6. The number of aliphatic hydroxyl groups is 1. The molecule has 0 aliphatic rings. The predicted octanol–water partition coefficient (Wildman–Crippen LogP) is 3.17. The number of hydrogen-bond acceptors (Lipinski definition) is 3. The lowest BCUT2D eigenvalue weighted by Gasteiger charge is -2.15. The minimum atomic E-state index is -0.784. The molecule has 1 N–H and O–H groups in total. The second-order valence-corrected chi connectivity index (χ2v) is 5.09. The van der Waals surface area contributed by atoms with E-state index in [2.05, 4.69) is 12.0 Å². The molecule has 4 nitrogen and oxygen atoms in total. The van der Waals surface area contributed by atoms with Crippen molar-refractivity contribution in [1.82, 2.24) is 9.78 Å². The molecule has 0 saturated carbocycles. The number of nitrogens with zero attached hydrogens (tertiary/aromatic N) is 2. The minimum absolute atomic E-state index is 0.489. The highest BCUT2D eigenvalue weighted by Crippen LogP contribution is 2.28. The van der Waals surface area contributed by atoms with E-state index < -0.39 is 6.10 Å². The van der Waals surface area contributed by atoms with Crippen molar-refractivity contribution in [3.63, 3.8) is 0 Å². The SMILES string of the molecule is CCCn1ncc(Cl)c1C(O)c1cccc(COC)c1. The monoisotopic (exact) mass is 294 g/mol. The Morgan fingerprint density at radius 2 is 2.25 bits per heavy atom. The maximum Gasteiger partial charge on any atom is 0.122 e. The van der Waals surface area contributed by atoms with Crippen molar-refractivity contribution in [3.05, 3.63) is 52.3 Å². The third-order valence-corrected chi connectivity index (χ3v) is 3.40. The average Bonchev–Trinajstić information content (AvgIpc) is 2.80. The molecule has 0 spiro atoms. The fourth-order valence-corrected chi connectivity index (χ4v) is 2.46. The Kier molecular flexibility index (Phi) is 5.17. The molecule has 1 aromatic carbocycles. The number of ether oxygens (including phenoxy) is 1. The largest absolute Gasteiger partial charge is 0.382 e. The summed E-state index contributed by atoms with van der Waals surface area (Å²) in [5.74, 6) is 0. The number of rotatable bonds is 6. The van der Waals surface area contributed by atoms with Crippen LogP contribution in [0.1, 0.15) is 36.3 Å². The van der Waals surface area contributed by atoms with Crippen LogP contribution in [-0.2, 0) is 17.9 Å². The van der Waals surface area contributed by atoms with E-state index in [0.717, 1.165) is 24.1 Å². The van der Waals surface area contributed by atoms with Crippen LogP contribution in [0.4, 0.5) is 0 Å². The van der Waals surface area contributed by atoms with E-state index in [1.165, 1.54) is 0 Å². The van der Waals surface area contributed by atoms with Gasteiger partial charge in [0.25, 0.3) is 0 Å². The molecule has 0 radical (unpaired) electrons. The van der Waals surface area contributed by atoms with Gasteiger partial charge in [-0.15, -0.1) is 0 Å². The molecule has 0 fully saturated rings. The normalized spacial score (nSPS) is 12.6. The third-order valence-electron chi connectivity index (χ3n) is 3.11. The van der Waals surface area contributed by atoms with Crippen LogP contribution in [0.15, 0.2) is 30.5 Å². The van der Waals surface area contributed by atoms with E-state index in [1.54, 1.807) is 18.0 Å². The summed E-state index contributed by atoms with van der Waals surface area (Å²) >= 11 is 6.16. The summed E-state index contributed by atoms with van der Waals surface area (Å²) in [6.45, 7) is 3.31. The van der Waals surface area contributed by atoms with Crippen molar-refractivity contribution >= 4 is 11.6 Å². The van der Waals surface area contributed by atoms with Crippen LogP contribution in [0, 0.1) is 0 Å². The lowest BCUT2D eigenvalue weighted by molar-refractivity contribution is 0.183. The predicted molar refractivity (Wildman–Crippen MR) is 78.7 cm³/mol. The quantitative estimate of drug-likeness (QED) is 0.890. The molecule has 1 heterocycles. The van der Waals surface area contributed by atoms with E-state index in [-0.39, 0.29) is 0 Å². The molecular formula is C15H19ClN2O2. The molecule has 1 unspecified atom stereocenters. The third kappa shape index (κ3) is 3.20. The first-order valence-electron chi connectivity index (χ1n) is 6.64. The molecule has 0 saturated heterocycles. The van der Waals surface area contributed by atoms with Gasteiger partial charge in [-0.2, -0.15) is 5.10 Å². The first-order chi connectivity index (χ1) is 9.67. The van der Waals surface area contributed by atoms with Gasteiger partial charge in [0, 0.05) is 13.7 Å². The molecule has 0 aliphatic carbocycles. The van der Waals surface area contributed by atoms with Crippen molar-refractivity contribution in [2.24, 2.45) is 0 Å². The molecule has 2 aromatic rings. The highest BCUT2D eigenvalue weighted by atomic mass is 35.5.